The summed E-state index contributed by atoms with van der Waals surface area (Å²) in [6, 6.07) is 10.9. The third-order valence-corrected chi connectivity index (χ3v) is 5.22. The lowest BCUT2D eigenvalue weighted by Crippen LogP contribution is -2.39. The number of rotatable bonds is 4. The van der Waals surface area contributed by atoms with Crippen LogP contribution in [0.1, 0.15) is 37.0 Å². The summed E-state index contributed by atoms with van der Waals surface area (Å²) in [7, 11) is 0. The van der Waals surface area contributed by atoms with E-state index >= 15 is 0 Å². The second-order valence-corrected chi connectivity index (χ2v) is 6.83. The molecule has 0 bridgehead atoms. The van der Waals surface area contributed by atoms with Gasteiger partial charge in [-0.15, -0.1) is 0 Å². The van der Waals surface area contributed by atoms with E-state index in [1.807, 2.05) is 0 Å². The Kier molecular flexibility index (Phi) is 4.83. The molecule has 0 N–H and O–H groups in total. The molecular weight excluding hydrogens is 312 g/mol. The summed E-state index contributed by atoms with van der Waals surface area (Å²) in [6.07, 6.45) is 5.38. The molecule has 1 atom stereocenters. The highest BCUT2D eigenvalue weighted by Gasteiger charge is 2.24. The third kappa shape index (κ3) is 3.61. The van der Waals surface area contributed by atoms with Crippen LogP contribution in [0.25, 0.3) is 0 Å². The van der Waals surface area contributed by atoms with Crippen molar-refractivity contribution in [1.82, 2.24) is 9.97 Å². The maximum Gasteiger partial charge on any atom is 0.134 e. The Morgan fingerprint density at radius 2 is 1.72 bits per heavy atom. The van der Waals surface area contributed by atoms with E-state index in [0.29, 0.717) is 0 Å². The number of aryl methyl sites for hydroxylation is 1. The van der Waals surface area contributed by atoms with Crippen LogP contribution in [-0.2, 0) is 11.2 Å². The topological polar surface area (TPSA) is 41.5 Å². The molecule has 0 radical (unpaired) electrons. The molecule has 0 amide bonds. The van der Waals surface area contributed by atoms with Crippen LogP contribution in [0.5, 0.6) is 0 Å². The monoisotopic (exact) mass is 338 g/mol. The number of anilines is 2. The van der Waals surface area contributed by atoms with Gasteiger partial charge in [-0.2, -0.15) is 0 Å². The van der Waals surface area contributed by atoms with Crippen molar-refractivity contribution >= 4 is 11.6 Å². The van der Waals surface area contributed by atoms with Gasteiger partial charge in [0, 0.05) is 32.2 Å². The summed E-state index contributed by atoms with van der Waals surface area (Å²) >= 11 is 0. The largest absolute Gasteiger partial charge is 0.370 e. The molecule has 0 saturated carbocycles. The highest BCUT2D eigenvalue weighted by Crippen LogP contribution is 2.27. The minimum atomic E-state index is 0.102. The molecule has 25 heavy (non-hydrogen) atoms. The second-order valence-electron chi connectivity index (χ2n) is 6.83. The van der Waals surface area contributed by atoms with Gasteiger partial charge in [0.05, 0.1) is 6.61 Å². The molecule has 1 unspecified atom stereocenters. The predicted molar refractivity (Wildman–Crippen MR) is 100 cm³/mol. The van der Waals surface area contributed by atoms with Gasteiger partial charge >= 0.3 is 0 Å². The first kappa shape index (κ1) is 16.3. The van der Waals surface area contributed by atoms with Crippen LogP contribution < -0.4 is 9.80 Å². The lowest BCUT2D eigenvalue weighted by Gasteiger charge is -2.34. The molecular formula is C20H26N4O. The van der Waals surface area contributed by atoms with Gasteiger partial charge in [-0.1, -0.05) is 31.2 Å². The van der Waals surface area contributed by atoms with Crippen LogP contribution in [0.2, 0.25) is 0 Å². The van der Waals surface area contributed by atoms with E-state index in [-0.39, 0.29) is 6.10 Å². The van der Waals surface area contributed by atoms with E-state index in [9.17, 15) is 0 Å². The Morgan fingerprint density at radius 1 is 1.00 bits per heavy atom. The first-order chi connectivity index (χ1) is 12.3. The Bertz CT molecular complexity index is 697. The summed E-state index contributed by atoms with van der Waals surface area (Å²) in [4.78, 5) is 13.7. The lowest BCUT2D eigenvalue weighted by atomic mass is 10.0. The fourth-order valence-corrected chi connectivity index (χ4v) is 3.66. The molecule has 132 valence electrons. The smallest absolute Gasteiger partial charge is 0.134 e. The van der Waals surface area contributed by atoms with Gasteiger partial charge in [-0.25, -0.2) is 9.97 Å². The summed E-state index contributed by atoms with van der Waals surface area (Å²) < 4.78 is 6.02. The van der Waals surface area contributed by atoms with Crippen molar-refractivity contribution in [2.75, 3.05) is 42.6 Å². The Morgan fingerprint density at radius 3 is 2.44 bits per heavy atom. The van der Waals surface area contributed by atoms with Crippen LogP contribution in [-0.4, -0.2) is 42.8 Å². The van der Waals surface area contributed by atoms with Crippen molar-refractivity contribution < 1.29 is 4.74 Å². The van der Waals surface area contributed by atoms with Crippen LogP contribution in [0.3, 0.4) is 0 Å². The van der Waals surface area contributed by atoms with Crippen molar-refractivity contribution in [2.24, 2.45) is 0 Å². The molecule has 2 aliphatic heterocycles. The van der Waals surface area contributed by atoms with Crippen LogP contribution in [0.4, 0.5) is 11.6 Å². The molecule has 2 aliphatic rings. The van der Waals surface area contributed by atoms with Crippen LogP contribution in [0.15, 0.2) is 36.7 Å². The van der Waals surface area contributed by atoms with Gasteiger partial charge in [0.2, 0.25) is 0 Å². The molecule has 1 aromatic heterocycles. The lowest BCUT2D eigenvalue weighted by molar-refractivity contribution is 0.0395. The number of benzene rings is 1. The standard InChI is InChI=1S/C20H26N4O/c1-2-16-5-7-17(8-6-16)18-14-24(11-12-25-18)20-13-19(21-15-22-20)23-9-3-4-10-23/h5-8,13,15,18H,2-4,9-12,14H2,1H3. The molecule has 5 nitrogen and oxygen atoms in total. The number of morpholine rings is 1. The predicted octanol–water partition coefficient (Wildman–Crippen LogP) is 3.22. The number of ether oxygens (including phenoxy) is 1. The summed E-state index contributed by atoms with van der Waals surface area (Å²) in [5.41, 5.74) is 2.61. The zero-order chi connectivity index (χ0) is 17.1. The van der Waals surface area contributed by atoms with Gasteiger partial charge in [0.15, 0.2) is 0 Å². The van der Waals surface area contributed by atoms with Crippen molar-refractivity contribution in [1.29, 1.82) is 0 Å². The summed E-state index contributed by atoms with van der Waals surface area (Å²) in [5.74, 6) is 2.06. The molecule has 2 fully saturated rings. The first-order valence-corrected chi connectivity index (χ1v) is 9.36. The average Bonchev–Trinajstić information content (AvgIpc) is 3.23. The van der Waals surface area contributed by atoms with Gasteiger partial charge in [-0.3, -0.25) is 0 Å². The van der Waals surface area contributed by atoms with Gasteiger partial charge in [-0.05, 0) is 30.4 Å². The summed E-state index contributed by atoms with van der Waals surface area (Å²) in [5, 5.41) is 0. The summed E-state index contributed by atoms with van der Waals surface area (Å²) in [6.45, 7) is 6.82. The minimum absolute atomic E-state index is 0.102. The van der Waals surface area contributed by atoms with Gasteiger partial charge in [0.25, 0.3) is 0 Å². The average molecular weight is 338 g/mol. The number of nitrogens with zero attached hydrogens (tertiary/aromatic N) is 4. The minimum Gasteiger partial charge on any atom is -0.370 e. The molecule has 3 heterocycles. The van der Waals surface area contributed by atoms with Crippen LogP contribution in [0, 0.1) is 0 Å². The van der Waals surface area contributed by atoms with Gasteiger partial charge in [0.1, 0.15) is 24.1 Å². The van der Waals surface area contributed by atoms with E-state index < -0.39 is 0 Å². The molecule has 0 aliphatic carbocycles. The molecule has 4 rings (SSSR count). The normalized spacial score (nSPS) is 20.9. The quantitative estimate of drug-likeness (QED) is 0.856. The molecule has 0 spiro atoms. The Hall–Kier alpha value is -2.14. The van der Waals surface area contributed by atoms with Crippen LogP contribution >= 0.6 is 0 Å². The highest BCUT2D eigenvalue weighted by molar-refractivity contribution is 5.51. The molecule has 2 aromatic rings. The van der Waals surface area contributed by atoms with Gasteiger partial charge < -0.3 is 14.5 Å². The zero-order valence-electron chi connectivity index (χ0n) is 14.9. The first-order valence-electron chi connectivity index (χ1n) is 9.36. The molecule has 2 saturated heterocycles. The third-order valence-electron chi connectivity index (χ3n) is 5.22. The van der Waals surface area contributed by atoms with E-state index in [1.165, 1.54) is 24.0 Å². The fourth-order valence-electron chi connectivity index (χ4n) is 3.66. The van der Waals surface area contributed by atoms with Crippen molar-refractivity contribution in [3.8, 4) is 0 Å². The fraction of sp³-hybridized carbons (Fsp3) is 0.500. The number of hydrogen-bond acceptors (Lipinski definition) is 5. The van der Waals surface area contributed by atoms with E-state index in [1.54, 1.807) is 6.33 Å². The Balaban J connectivity index is 1.49. The SMILES string of the molecule is CCc1ccc(C2CN(c3cc(N4CCCC4)ncn3)CCO2)cc1. The maximum atomic E-state index is 6.02. The second kappa shape index (κ2) is 7.40. The maximum absolute atomic E-state index is 6.02. The molecule has 1 aromatic carbocycles. The van der Waals surface area contributed by atoms with E-state index in [0.717, 1.165) is 50.8 Å². The Labute approximate surface area is 149 Å². The van der Waals surface area contributed by atoms with Crippen molar-refractivity contribution in [3.05, 3.63) is 47.8 Å². The van der Waals surface area contributed by atoms with Crippen molar-refractivity contribution in [2.45, 2.75) is 32.3 Å². The van der Waals surface area contributed by atoms with E-state index in [2.05, 4.69) is 57.0 Å². The molecule has 5 heteroatoms. The highest BCUT2D eigenvalue weighted by atomic mass is 16.5. The number of hydrogen-bond donors (Lipinski definition) is 0. The van der Waals surface area contributed by atoms with Crippen molar-refractivity contribution in [3.63, 3.8) is 0 Å². The zero-order valence-corrected chi connectivity index (χ0v) is 14.9. The number of aromatic nitrogens is 2. The van der Waals surface area contributed by atoms with E-state index in [4.69, 9.17) is 4.74 Å².